The van der Waals surface area contributed by atoms with E-state index in [-0.39, 0.29) is 23.3 Å². The van der Waals surface area contributed by atoms with E-state index in [9.17, 15) is 13.2 Å². The molecule has 1 rings (SSSR count). The molecule has 0 unspecified atom stereocenters. The van der Waals surface area contributed by atoms with Gasteiger partial charge in [0.05, 0.1) is 5.75 Å². The monoisotopic (exact) mass is 248 g/mol. The fourth-order valence-electron chi connectivity index (χ4n) is 1.26. The largest absolute Gasteiger partial charge is 0.355 e. The first-order valence-electron chi connectivity index (χ1n) is 5.74. The van der Waals surface area contributed by atoms with Crippen LogP contribution in [0.5, 0.6) is 0 Å². The van der Waals surface area contributed by atoms with Crippen LogP contribution in [0.1, 0.15) is 19.8 Å². The SMILES string of the molecule is CCS(=O)(=O)CCNCCNC(=O)C1CC1. The number of sulfone groups is 1. The number of amides is 1. The molecule has 0 heterocycles. The van der Waals surface area contributed by atoms with Crippen molar-refractivity contribution >= 4 is 15.7 Å². The number of carbonyl (C=O) groups is 1. The van der Waals surface area contributed by atoms with Crippen LogP contribution in [-0.2, 0) is 14.6 Å². The topological polar surface area (TPSA) is 75.3 Å². The van der Waals surface area contributed by atoms with Crippen LogP contribution in [0.2, 0.25) is 0 Å². The molecule has 6 heteroatoms. The molecule has 0 spiro atoms. The maximum Gasteiger partial charge on any atom is 0.223 e. The predicted molar refractivity (Wildman–Crippen MR) is 62.9 cm³/mol. The lowest BCUT2D eigenvalue weighted by Gasteiger charge is -2.06. The quantitative estimate of drug-likeness (QED) is 0.570. The molecule has 1 amide bonds. The normalized spacial score (nSPS) is 16.1. The highest BCUT2D eigenvalue weighted by Crippen LogP contribution is 2.28. The highest BCUT2D eigenvalue weighted by Gasteiger charge is 2.28. The predicted octanol–water partition coefficient (Wildman–Crippen LogP) is -0.463. The molecular weight excluding hydrogens is 228 g/mol. The van der Waals surface area contributed by atoms with Crippen LogP contribution in [-0.4, -0.2) is 45.5 Å². The van der Waals surface area contributed by atoms with Gasteiger partial charge in [-0.05, 0) is 12.8 Å². The number of nitrogens with one attached hydrogen (secondary N) is 2. The lowest BCUT2D eigenvalue weighted by molar-refractivity contribution is -0.122. The van der Waals surface area contributed by atoms with Crippen LogP contribution in [0.15, 0.2) is 0 Å². The average Bonchev–Trinajstić information content (AvgIpc) is 3.06. The summed E-state index contributed by atoms with van der Waals surface area (Å²) in [5, 5.41) is 5.80. The van der Waals surface area contributed by atoms with Crippen LogP contribution in [0.25, 0.3) is 0 Å². The Labute approximate surface area is 96.9 Å². The van der Waals surface area contributed by atoms with Crippen LogP contribution >= 0.6 is 0 Å². The van der Waals surface area contributed by atoms with Crippen molar-refractivity contribution in [3.8, 4) is 0 Å². The van der Waals surface area contributed by atoms with Crippen molar-refractivity contribution in [1.29, 1.82) is 0 Å². The van der Waals surface area contributed by atoms with Crippen LogP contribution in [0.4, 0.5) is 0 Å². The van der Waals surface area contributed by atoms with Gasteiger partial charge in [0.15, 0.2) is 9.84 Å². The van der Waals surface area contributed by atoms with Gasteiger partial charge in [-0.2, -0.15) is 0 Å². The molecular formula is C10H20N2O3S. The Morgan fingerprint density at radius 1 is 1.25 bits per heavy atom. The Kier molecular flexibility index (Phi) is 5.21. The van der Waals surface area contributed by atoms with E-state index in [1.54, 1.807) is 6.92 Å². The molecule has 1 fully saturated rings. The molecule has 0 aromatic carbocycles. The minimum Gasteiger partial charge on any atom is -0.355 e. The minimum atomic E-state index is -2.88. The molecule has 2 N–H and O–H groups in total. The number of rotatable bonds is 8. The number of hydrogen-bond acceptors (Lipinski definition) is 4. The van der Waals surface area contributed by atoms with E-state index in [2.05, 4.69) is 10.6 Å². The van der Waals surface area contributed by atoms with Crippen molar-refractivity contribution in [1.82, 2.24) is 10.6 Å². The summed E-state index contributed by atoms with van der Waals surface area (Å²) < 4.78 is 22.3. The Morgan fingerprint density at radius 2 is 1.94 bits per heavy atom. The molecule has 0 aliphatic heterocycles. The second-order valence-electron chi connectivity index (χ2n) is 4.05. The van der Waals surface area contributed by atoms with Crippen LogP contribution < -0.4 is 10.6 Å². The highest BCUT2D eigenvalue weighted by atomic mass is 32.2. The minimum absolute atomic E-state index is 0.128. The highest BCUT2D eigenvalue weighted by molar-refractivity contribution is 7.91. The van der Waals surface area contributed by atoms with Gasteiger partial charge in [0.1, 0.15) is 0 Å². The first-order chi connectivity index (χ1) is 7.55. The average molecular weight is 248 g/mol. The van der Waals surface area contributed by atoms with Crippen LogP contribution in [0.3, 0.4) is 0 Å². The second-order valence-corrected chi connectivity index (χ2v) is 6.52. The van der Waals surface area contributed by atoms with E-state index in [1.807, 2.05) is 0 Å². The van der Waals surface area contributed by atoms with Gasteiger partial charge in [0.25, 0.3) is 0 Å². The Hall–Kier alpha value is -0.620. The summed E-state index contributed by atoms with van der Waals surface area (Å²) in [5.41, 5.74) is 0. The summed E-state index contributed by atoms with van der Waals surface area (Å²) in [5.74, 6) is 0.719. The first kappa shape index (κ1) is 13.4. The zero-order valence-corrected chi connectivity index (χ0v) is 10.5. The lowest BCUT2D eigenvalue weighted by Crippen LogP contribution is -2.34. The molecule has 1 aliphatic carbocycles. The van der Waals surface area contributed by atoms with Gasteiger partial charge in [-0.3, -0.25) is 4.79 Å². The molecule has 1 saturated carbocycles. The maximum atomic E-state index is 11.2. The zero-order valence-electron chi connectivity index (χ0n) is 9.66. The van der Waals surface area contributed by atoms with E-state index < -0.39 is 9.84 Å². The third-order valence-corrected chi connectivity index (χ3v) is 4.28. The molecule has 0 atom stereocenters. The summed E-state index contributed by atoms with van der Waals surface area (Å²) in [6.45, 7) is 3.29. The van der Waals surface area contributed by atoms with Gasteiger partial charge in [0.2, 0.25) is 5.91 Å². The van der Waals surface area contributed by atoms with E-state index in [0.717, 1.165) is 12.8 Å². The van der Waals surface area contributed by atoms with Crippen molar-refractivity contribution in [3.63, 3.8) is 0 Å². The summed E-state index contributed by atoms with van der Waals surface area (Å²) >= 11 is 0. The smallest absolute Gasteiger partial charge is 0.223 e. The second kappa shape index (κ2) is 6.20. The van der Waals surface area contributed by atoms with Gasteiger partial charge in [-0.1, -0.05) is 6.92 Å². The fourth-order valence-corrected chi connectivity index (χ4v) is 2.00. The van der Waals surface area contributed by atoms with Gasteiger partial charge < -0.3 is 10.6 Å². The van der Waals surface area contributed by atoms with Crippen molar-refractivity contribution in [2.75, 3.05) is 31.1 Å². The van der Waals surface area contributed by atoms with E-state index >= 15 is 0 Å². The van der Waals surface area contributed by atoms with Crippen molar-refractivity contribution in [3.05, 3.63) is 0 Å². The van der Waals surface area contributed by atoms with Gasteiger partial charge in [-0.25, -0.2) is 8.42 Å². The lowest BCUT2D eigenvalue weighted by atomic mass is 10.4. The third-order valence-electron chi connectivity index (χ3n) is 2.58. The molecule has 0 saturated heterocycles. The van der Waals surface area contributed by atoms with Gasteiger partial charge in [-0.15, -0.1) is 0 Å². The number of carbonyl (C=O) groups excluding carboxylic acids is 1. The van der Waals surface area contributed by atoms with E-state index in [0.29, 0.717) is 19.6 Å². The van der Waals surface area contributed by atoms with Gasteiger partial charge in [0, 0.05) is 31.3 Å². The summed E-state index contributed by atoms with van der Waals surface area (Å²) in [7, 11) is -2.88. The Morgan fingerprint density at radius 3 is 2.50 bits per heavy atom. The van der Waals surface area contributed by atoms with Gasteiger partial charge >= 0.3 is 0 Å². The summed E-state index contributed by atoms with van der Waals surface area (Å²) in [6, 6.07) is 0. The molecule has 5 nitrogen and oxygen atoms in total. The molecule has 1 aliphatic rings. The van der Waals surface area contributed by atoms with E-state index in [4.69, 9.17) is 0 Å². The summed E-state index contributed by atoms with van der Waals surface area (Å²) in [4.78, 5) is 11.2. The zero-order chi connectivity index (χ0) is 12.0. The molecule has 94 valence electrons. The Balaban J connectivity index is 1.93. The first-order valence-corrected chi connectivity index (χ1v) is 7.56. The van der Waals surface area contributed by atoms with Crippen molar-refractivity contribution in [2.45, 2.75) is 19.8 Å². The fraction of sp³-hybridized carbons (Fsp3) is 0.900. The molecule has 0 aromatic rings. The van der Waals surface area contributed by atoms with Crippen molar-refractivity contribution in [2.24, 2.45) is 5.92 Å². The Bertz CT molecular complexity index is 323. The third kappa shape index (κ3) is 5.46. The van der Waals surface area contributed by atoms with E-state index in [1.165, 1.54) is 0 Å². The van der Waals surface area contributed by atoms with Crippen LogP contribution in [0, 0.1) is 5.92 Å². The number of hydrogen-bond donors (Lipinski definition) is 2. The maximum absolute atomic E-state index is 11.2. The molecule has 0 radical (unpaired) electrons. The molecule has 16 heavy (non-hydrogen) atoms. The standard InChI is InChI=1S/C10H20N2O3S/c1-2-16(14,15)8-7-11-5-6-12-10(13)9-3-4-9/h9,11H,2-8H2,1H3,(H,12,13). The van der Waals surface area contributed by atoms with Crippen molar-refractivity contribution < 1.29 is 13.2 Å². The summed E-state index contributed by atoms with van der Waals surface area (Å²) in [6.07, 6.45) is 2.02. The molecule has 0 bridgehead atoms. The molecule has 0 aromatic heterocycles.